The lowest BCUT2D eigenvalue weighted by atomic mass is 10.9. The minimum absolute atomic E-state index is 0.0108. The number of anilines is 1. The molecule has 0 saturated heterocycles. The fraction of sp³-hybridized carbons (Fsp3) is 0.500. The van der Waals surface area contributed by atoms with Crippen molar-refractivity contribution >= 4 is 31.7 Å². The molecule has 4 N–H and O–H groups in total. The van der Waals surface area contributed by atoms with Gasteiger partial charge in [0.1, 0.15) is 5.51 Å². The van der Waals surface area contributed by atoms with Crippen molar-refractivity contribution < 1.29 is 28.7 Å². The topological polar surface area (TPSA) is 144 Å². The lowest BCUT2D eigenvalue weighted by Crippen LogP contribution is -2.31. The van der Waals surface area contributed by atoms with E-state index in [0.717, 1.165) is 23.3 Å². The molecule has 1 heterocycles. The molecule has 12 heteroatoms. The van der Waals surface area contributed by atoms with Crippen LogP contribution in [0.5, 0.6) is 0 Å². The molecule has 0 unspecified atom stereocenters. The molecule has 0 bridgehead atoms. The lowest BCUT2D eigenvalue weighted by molar-refractivity contribution is 0.338. The van der Waals surface area contributed by atoms with Gasteiger partial charge < -0.3 is 24.5 Å². The third-order valence-electron chi connectivity index (χ3n) is 1.60. The zero-order valence-corrected chi connectivity index (χ0v) is 10.5. The average Bonchev–Trinajstić information content (AvgIpc) is 2.48. The Balaban J connectivity index is 3.14. The Morgan fingerprint density at radius 1 is 1.31 bits per heavy atom. The maximum Gasteiger partial charge on any atom is 0.360 e. The van der Waals surface area contributed by atoms with Crippen molar-refractivity contribution in [3.8, 4) is 0 Å². The molecule has 92 valence electrons. The Bertz CT molecular complexity index is 417. The molecule has 0 aliphatic carbocycles. The van der Waals surface area contributed by atoms with Gasteiger partial charge in [0.25, 0.3) is 0 Å². The molecule has 0 aliphatic rings. The summed E-state index contributed by atoms with van der Waals surface area (Å²) in [5.41, 5.74) is -0.963. The molecule has 1 aromatic rings. The van der Waals surface area contributed by atoms with Gasteiger partial charge in [0, 0.05) is 7.05 Å². The van der Waals surface area contributed by atoms with E-state index >= 15 is 0 Å². The van der Waals surface area contributed by atoms with E-state index in [0.29, 0.717) is 0 Å². The van der Waals surface area contributed by atoms with Gasteiger partial charge in [0.15, 0.2) is 0 Å². The Hall–Kier alpha value is -0.340. The van der Waals surface area contributed by atoms with E-state index in [9.17, 15) is 9.13 Å². The largest absolute Gasteiger partial charge is 0.360 e. The Kier molecular flexibility index (Phi) is 3.86. The monoisotopic (exact) mass is 289 g/mol. The summed E-state index contributed by atoms with van der Waals surface area (Å²) >= 11 is 0.909. The summed E-state index contributed by atoms with van der Waals surface area (Å²) in [5, 5.41) is 6.89. The third kappa shape index (κ3) is 3.08. The van der Waals surface area contributed by atoms with E-state index in [1.165, 1.54) is 5.51 Å². The van der Waals surface area contributed by atoms with Crippen molar-refractivity contribution in [2.75, 3.05) is 11.9 Å². The summed E-state index contributed by atoms with van der Waals surface area (Å²) in [6.07, 6.45) is 0. The second-order valence-corrected chi connectivity index (χ2v) is 7.41. The first-order valence-electron chi connectivity index (χ1n) is 3.73. The van der Waals surface area contributed by atoms with E-state index < -0.39 is 20.7 Å². The molecule has 1 aromatic heterocycles. The van der Waals surface area contributed by atoms with E-state index in [1.54, 1.807) is 0 Å². The van der Waals surface area contributed by atoms with Gasteiger partial charge in [0.2, 0.25) is 10.7 Å². The molecule has 0 amide bonds. The zero-order valence-electron chi connectivity index (χ0n) is 7.90. The molecule has 0 atom stereocenters. The first-order valence-corrected chi connectivity index (χ1v) is 7.97. The van der Waals surface area contributed by atoms with Crippen LogP contribution in [-0.2, 0) is 9.13 Å². The van der Waals surface area contributed by atoms with Crippen LogP contribution < -0.4 is 4.90 Å². The van der Waals surface area contributed by atoms with Crippen LogP contribution in [-0.4, -0.2) is 42.3 Å². The first kappa shape index (κ1) is 13.7. The molecule has 0 aromatic carbocycles. The van der Waals surface area contributed by atoms with Gasteiger partial charge in [0.05, 0.1) is 0 Å². The first-order chi connectivity index (χ1) is 7.14. The third-order valence-corrected chi connectivity index (χ3v) is 6.08. The predicted molar refractivity (Wildman–Crippen MR) is 56.2 cm³/mol. The number of aromatic nitrogens is 2. The smallest absolute Gasteiger partial charge is 0.325 e. The van der Waals surface area contributed by atoms with Crippen LogP contribution >= 0.6 is 26.5 Å². The van der Waals surface area contributed by atoms with Crippen LogP contribution in [0.2, 0.25) is 0 Å². The molecule has 0 aliphatic heterocycles. The van der Waals surface area contributed by atoms with Crippen molar-refractivity contribution in [3.63, 3.8) is 0 Å². The van der Waals surface area contributed by atoms with Crippen molar-refractivity contribution in [2.45, 2.75) is 5.52 Å². The fourth-order valence-electron chi connectivity index (χ4n) is 1.07. The fourth-order valence-corrected chi connectivity index (χ4v) is 4.47. The SMILES string of the molecule is CN(c1nncs1)C(P(=O)(O)O)P(=O)(O)O. The minimum atomic E-state index is -4.99. The van der Waals surface area contributed by atoms with E-state index in [-0.39, 0.29) is 5.13 Å². The standard InChI is InChI=1S/C4H9N3O6P2S/c1-7(3-6-5-2-16-3)4(14(8,9)10)15(11,12)13/h2,4H,1H3,(H2,8,9,10)(H2,11,12,13). The van der Waals surface area contributed by atoms with Gasteiger partial charge in [-0.1, -0.05) is 11.3 Å². The Morgan fingerprint density at radius 2 is 1.81 bits per heavy atom. The predicted octanol–water partition coefficient (Wildman–Crippen LogP) is -0.387. The molecular formula is C4H9N3O6P2S. The average molecular weight is 289 g/mol. The summed E-state index contributed by atoms with van der Waals surface area (Å²) in [5.74, 6) is 0. The normalized spacial score (nSPS) is 13.1. The van der Waals surface area contributed by atoms with Gasteiger partial charge >= 0.3 is 15.2 Å². The second-order valence-electron chi connectivity index (χ2n) is 2.86. The van der Waals surface area contributed by atoms with Crippen LogP contribution in [0.4, 0.5) is 5.13 Å². The molecule has 1 rings (SSSR count). The molecule has 9 nitrogen and oxygen atoms in total. The van der Waals surface area contributed by atoms with Crippen LogP contribution in [0.1, 0.15) is 0 Å². The van der Waals surface area contributed by atoms with Crippen molar-refractivity contribution in [1.82, 2.24) is 10.2 Å². The van der Waals surface area contributed by atoms with Gasteiger partial charge in [-0.3, -0.25) is 9.13 Å². The summed E-state index contributed by atoms with van der Waals surface area (Å²) < 4.78 is 22.1. The highest BCUT2D eigenvalue weighted by Gasteiger charge is 2.47. The van der Waals surface area contributed by atoms with Crippen LogP contribution in [0.15, 0.2) is 5.51 Å². The zero-order chi connectivity index (χ0) is 12.6. The van der Waals surface area contributed by atoms with Crippen molar-refractivity contribution in [3.05, 3.63) is 5.51 Å². The highest BCUT2D eigenvalue weighted by atomic mass is 32.1. The van der Waals surface area contributed by atoms with Crippen molar-refractivity contribution in [1.29, 1.82) is 0 Å². The van der Waals surface area contributed by atoms with Gasteiger partial charge in [-0.05, 0) is 0 Å². The molecule has 16 heavy (non-hydrogen) atoms. The summed E-state index contributed by atoms with van der Waals surface area (Å²) in [6.45, 7) is 0. The quantitative estimate of drug-likeness (QED) is 0.544. The van der Waals surface area contributed by atoms with E-state index in [2.05, 4.69) is 10.2 Å². The highest BCUT2D eigenvalue weighted by molar-refractivity contribution is 7.71. The maximum absolute atomic E-state index is 11.0. The summed E-state index contributed by atoms with van der Waals surface area (Å²) in [6, 6.07) is 0. The summed E-state index contributed by atoms with van der Waals surface area (Å²) in [7, 11) is -8.86. The Morgan fingerprint density at radius 3 is 2.12 bits per heavy atom. The molecule has 0 spiro atoms. The Labute approximate surface area is 94.1 Å². The van der Waals surface area contributed by atoms with E-state index in [4.69, 9.17) is 19.6 Å². The van der Waals surface area contributed by atoms with Crippen LogP contribution in [0.3, 0.4) is 0 Å². The van der Waals surface area contributed by atoms with Crippen LogP contribution in [0, 0.1) is 0 Å². The summed E-state index contributed by atoms with van der Waals surface area (Å²) in [4.78, 5) is 36.4. The van der Waals surface area contributed by atoms with Gasteiger partial charge in [-0.25, -0.2) is 0 Å². The minimum Gasteiger partial charge on any atom is -0.325 e. The van der Waals surface area contributed by atoms with Gasteiger partial charge in [-0.2, -0.15) is 0 Å². The molecule has 0 radical (unpaired) electrons. The number of hydrogen-bond donors (Lipinski definition) is 4. The molecular weight excluding hydrogens is 280 g/mol. The number of nitrogens with zero attached hydrogens (tertiary/aromatic N) is 3. The number of hydrogen-bond acceptors (Lipinski definition) is 6. The van der Waals surface area contributed by atoms with E-state index in [1.807, 2.05) is 0 Å². The van der Waals surface area contributed by atoms with Crippen molar-refractivity contribution in [2.24, 2.45) is 0 Å². The number of rotatable bonds is 4. The molecule has 0 fully saturated rings. The lowest BCUT2D eigenvalue weighted by Gasteiger charge is -2.27. The maximum atomic E-state index is 11.0. The second kappa shape index (κ2) is 4.50. The van der Waals surface area contributed by atoms with Gasteiger partial charge in [-0.15, -0.1) is 10.2 Å². The van der Waals surface area contributed by atoms with Crippen LogP contribution in [0.25, 0.3) is 0 Å². The molecule has 0 saturated carbocycles. The highest BCUT2D eigenvalue weighted by Crippen LogP contribution is 2.61.